The third-order valence-electron chi connectivity index (χ3n) is 4.86. The average molecular weight is 468 g/mol. The van der Waals surface area contributed by atoms with Crippen LogP contribution >= 0.6 is 0 Å². The van der Waals surface area contributed by atoms with Gasteiger partial charge in [-0.3, -0.25) is 9.10 Å². The van der Waals surface area contributed by atoms with Crippen LogP contribution in [0.2, 0.25) is 0 Å². The number of aryl methyl sites for hydroxylation is 2. The highest BCUT2D eigenvalue weighted by molar-refractivity contribution is 7.92. The smallest absolute Gasteiger partial charge is 0.264 e. The van der Waals surface area contributed by atoms with Crippen LogP contribution in [0, 0.1) is 13.8 Å². The van der Waals surface area contributed by atoms with Crippen molar-refractivity contribution >= 4 is 27.8 Å². The molecule has 0 radical (unpaired) electrons. The molecule has 9 heteroatoms. The van der Waals surface area contributed by atoms with Gasteiger partial charge < -0.3 is 9.84 Å². The summed E-state index contributed by atoms with van der Waals surface area (Å²) >= 11 is 0. The van der Waals surface area contributed by atoms with Gasteiger partial charge in [0.1, 0.15) is 6.54 Å². The Bertz CT molecular complexity index is 1250. The van der Waals surface area contributed by atoms with E-state index in [-0.39, 0.29) is 16.4 Å². The summed E-state index contributed by atoms with van der Waals surface area (Å²) in [6, 6.07) is 18.1. The Hall–Kier alpha value is -3.85. The summed E-state index contributed by atoms with van der Waals surface area (Å²) in [4.78, 5) is 12.7. The number of nitrogens with zero attached hydrogens (tertiary/aromatic N) is 2. The van der Waals surface area contributed by atoms with Crippen LogP contribution < -0.4 is 14.5 Å². The number of hydrogen-bond donors (Lipinski definition) is 2. The maximum atomic E-state index is 13.3. The predicted molar refractivity (Wildman–Crippen MR) is 127 cm³/mol. The second-order valence-electron chi connectivity index (χ2n) is 7.35. The zero-order valence-electron chi connectivity index (χ0n) is 18.5. The monoisotopic (exact) mass is 467 g/mol. The van der Waals surface area contributed by atoms with E-state index in [0.717, 1.165) is 15.4 Å². The van der Waals surface area contributed by atoms with Crippen LogP contribution in [-0.2, 0) is 14.8 Å². The van der Waals surface area contributed by atoms with E-state index in [1.54, 1.807) is 54.6 Å². The zero-order valence-corrected chi connectivity index (χ0v) is 19.3. The van der Waals surface area contributed by atoms with E-state index < -0.39 is 22.5 Å². The minimum Gasteiger partial charge on any atom is -0.504 e. The molecule has 0 aliphatic rings. The number of carbonyl (C=O) groups excluding carboxylic acids is 1. The van der Waals surface area contributed by atoms with E-state index in [9.17, 15) is 18.3 Å². The summed E-state index contributed by atoms with van der Waals surface area (Å²) in [6.07, 6.45) is 1.25. The fourth-order valence-electron chi connectivity index (χ4n) is 3.01. The molecule has 0 fully saturated rings. The largest absolute Gasteiger partial charge is 0.504 e. The molecule has 0 aromatic heterocycles. The number of ether oxygens (including phenoxy) is 1. The second kappa shape index (κ2) is 10.2. The molecule has 0 spiro atoms. The normalized spacial score (nSPS) is 11.4. The fraction of sp³-hybridized carbons (Fsp3) is 0.167. The molecular formula is C24H25N3O5S. The number of aromatic hydroxyl groups is 1. The number of rotatable bonds is 8. The van der Waals surface area contributed by atoms with E-state index in [4.69, 9.17) is 4.74 Å². The molecule has 2 N–H and O–H groups in total. The molecule has 172 valence electrons. The number of methoxy groups -OCH3 is 1. The van der Waals surface area contributed by atoms with Gasteiger partial charge in [0.15, 0.2) is 11.5 Å². The van der Waals surface area contributed by atoms with Crippen LogP contribution in [0.25, 0.3) is 0 Å². The molecule has 0 atom stereocenters. The van der Waals surface area contributed by atoms with Gasteiger partial charge in [-0.15, -0.1) is 0 Å². The Morgan fingerprint density at radius 3 is 2.24 bits per heavy atom. The number of nitrogens with one attached hydrogen (secondary N) is 1. The molecule has 0 saturated carbocycles. The molecule has 0 unspecified atom stereocenters. The number of hydrogen-bond acceptors (Lipinski definition) is 6. The summed E-state index contributed by atoms with van der Waals surface area (Å²) in [5, 5.41) is 13.9. The Labute approximate surface area is 193 Å². The van der Waals surface area contributed by atoms with Crippen LogP contribution in [0.4, 0.5) is 5.69 Å². The lowest BCUT2D eigenvalue weighted by molar-refractivity contribution is -0.119. The van der Waals surface area contributed by atoms with E-state index in [0.29, 0.717) is 11.3 Å². The van der Waals surface area contributed by atoms with Crippen molar-refractivity contribution in [2.24, 2.45) is 5.10 Å². The summed E-state index contributed by atoms with van der Waals surface area (Å²) < 4.78 is 32.7. The lowest BCUT2D eigenvalue weighted by Crippen LogP contribution is -2.39. The SMILES string of the molecule is COc1cccc(/C=N\NC(=O)CN(c2ccc(C)cc2)S(=O)(=O)c2ccc(C)cc2)c1O. The van der Waals surface area contributed by atoms with Gasteiger partial charge >= 0.3 is 0 Å². The molecule has 0 bridgehead atoms. The summed E-state index contributed by atoms with van der Waals surface area (Å²) in [5.41, 5.74) is 4.87. The van der Waals surface area contributed by atoms with Crippen molar-refractivity contribution in [3.8, 4) is 11.5 Å². The minimum atomic E-state index is -4.01. The summed E-state index contributed by atoms with van der Waals surface area (Å²) in [5.74, 6) is -0.508. The minimum absolute atomic E-state index is 0.0753. The second-order valence-corrected chi connectivity index (χ2v) is 9.21. The first-order chi connectivity index (χ1) is 15.7. The van der Waals surface area contributed by atoms with Gasteiger partial charge in [-0.2, -0.15) is 5.10 Å². The number of phenols is 1. The van der Waals surface area contributed by atoms with E-state index in [2.05, 4.69) is 10.5 Å². The number of para-hydroxylation sites is 1. The first kappa shape index (κ1) is 23.8. The third kappa shape index (κ3) is 5.69. The third-order valence-corrected chi connectivity index (χ3v) is 6.65. The number of amides is 1. The van der Waals surface area contributed by atoms with Crippen LogP contribution in [0.1, 0.15) is 16.7 Å². The predicted octanol–water partition coefficient (Wildman–Crippen LogP) is 3.36. The lowest BCUT2D eigenvalue weighted by Gasteiger charge is -2.24. The highest BCUT2D eigenvalue weighted by atomic mass is 32.2. The van der Waals surface area contributed by atoms with Crippen LogP contribution in [0.3, 0.4) is 0 Å². The molecule has 3 aromatic carbocycles. The van der Waals surface area contributed by atoms with Gasteiger partial charge in [0.25, 0.3) is 15.9 Å². The highest BCUT2D eigenvalue weighted by Gasteiger charge is 2.27. The van der Waals surface area contributed by atoms with Crippen molar-refractivity contribution < 1.29 is 23.1 Å². The molecule has 1 amide bonds. The van der Waals surface area contributed by atoms with Crippen molar-refractivity contribution in [3.63, 3.8) is 0 Å². The topological polar surface area (TPSA) is 108 Å². The highest BCUT2D eigenvalue weighted by Crippen LogP contribution is 2.28. The number of sulfonamides is 1. The van der Waals surface area contributed by atoms with Crippen LogP contribution in [0.15, 0.2) is 76.7 Å². The molecule has 0 aliphatic heterocycles. The van der Waals surface area contributed by atoms with Gasteiger partial charge in [-0.1, -0.05) is 41.5 Å². The molecule has 3 rings (SSSR count). The molecule has 8 nitrogen and oxygen atoms in total. The average Bonchev–Trinajstić information content (AvgIpc) is 2.79. The summed E-state index contributed by atoms with van der Waals surface area (Å²) in [7, 11) is -2.59. The van der Waals surface area contributed by atoms with Crippen LogP contribution in [0.5, 0.6) is 11.5 Å². The van der Waals surface area contributed by atoms with Crippen molar-refractivity contribution in [2.45, 2.75) is 18.7 Å². The Kier molecular flexibility index (Phi) is 7.34. The van der Waals surface area contributed by atoms with Crippen molar-refractivity contribution in [1.82, 2.24) is 5.43 Å². The molecular weight excluding hydrogens is 442 g/mol. The lowest BCUT2D eigenvalue weighted by atomic mass is 10.2. The Morgan fingerprint density at radius 2 is 1.64 bits per heavy atom. The van der Waals surface area contributed by atoms with Crippen LogP contribution in [-0.4, -0.2) is 39.3 Å². The van der Waals surface area contributed by atoms with Gasteiger partial charge in [0, 0.05) is 5.56 Å². The standard InChI is InChI=1S/C24H25N3O5S/c1-17-7-11-20(12-8-17)27(33(30,31)21-13-9-18(2)10-14-21)16-23(28)26-25-15-19-5-4-6-22(32-3)24(19)29/h4-15,29H,16H2,1-3H3,(H,26,28)/b25-15-. The molecule has 0 heterocycles. The number of hydrazone groups is 1. The first-order valence-electron chi connectivity index (χ1n) is 10.1. The van der Waals surface area contributed by atoms with Gasteiger partial charge in [0.05, 0.1) is 23.9 Å². The van der Waals surface area contributed by atoms with Crippen molar-refractivity contribution in [3.05, 3.63) is 83.4 Å². The number of anilines is 1. The number of carbonyl (C=O) groups is 1. The van der Waals surface area contributed by atoms with Gasteiger partial charge in [-0.05, 0) is 50.2 Å². The van der Waals surface area contributed by atoms with E-state index in [1.165, 1.54) is 25.5 Å². The van der Waals surface area contributed by atoms with Crippen molar-refractivity contribution in [2.75, 3.05) is 18.0 Å². The first-order valence-corrected chi connectivity index (χ1v) is 11.5. The molecule has 0 aliphatic carbocycles. The molecule has 0 saturated heterocycles. The maximum Gasteiger partial charge on any atom is 0.264 e. The molecule has 33 heavy (non-hydrogen) atoms. The fourth-order valence-corrected chi connectivity index (χ4v) is 4.43. The van der Waals surface area contributed by atoms with Gasteiger partial charge in [-0.25, -0.2) is 13.8 Å². The number of benzene rings is 3. The van der Waals surface area contributed by atoms with E-state index in [1.807, 2.05) is 13.8 Å². The van der Waals surface area contributed by atoms with Crippen molar-refractivity contribution in [1.29, 1.82) is 0 Å². The zero-order chi connectivity index (χ0) is 24.0. The summed E-state index contributed by atoms with van der Waals surface area (Å²) in [6.45, 7) is 3.26. The Balaban J connectivity index is 1.84. The maximum absolute atomic E-state index is 13.3. The quantitative estimate of drug-likeness (QED) is 0.390. The van der Waals surface area contributed by atoms with E-state index >= 15 is 0 Å². The Morgan fingerprint density at radius 1 is 1.03 bits per heavy atom. The number of phenolic OH excluding ortho intramolecular Hbond substituents is 1. The van der Waals surface area contributed by atoms with Gasteiger partial charge in [0.2, 0.25) is 0 Å². The molecule has 3 aromatic rings.